The first kappa shape index (κ1) is 24.0. The highest BCUT2D eigenvalue weighted by molar-refractivity contribution is 6.17. The fourth-order valence-electron chi connectivity index (χ4n) is 4.37. The average molecular weight is 436 g/mol. The summed E-state index contributed by atoms with van der Waals surface area (Å²) < 4.78 is 0. The second kappa shape index (κ2) is 12.4. The molecular weight excluding hydrogens is 398 g/mol. The summed E-state index contributed by atoms with van der Waals surface area (Å²) in [5, 5.41) is 2.94. The molecule has 32 heavy (non-hydrogen) atoms. The minimum Gasteiger partial charge on any atom is -0.320 e. The number of rotatable bonds is 12. The summed E-state index contributed by atoms with van der Waals surface area (Å²) in [5.41, 5.74) is 2.60. The molecule has 0 saturated carbocycles. The van der Waals surface area contributed by atoms with Crippen LogP contribution < -0.4 is 10.2 Å². The van der Waals surface area contributed by atoms with Crippen molar-refractivity contribution in [3.8, 4) is 0 Å². The van der Waals surface area contributed by atoms with Crippen molar-refractivity contribution in [1.82, 2.24) is 4.90 Å². The topological polar surface area (TPSA) is 52.7 Å². The van der Waals surface area contributed by atoms with Gasteiger partial charge < -0.3 is 10.2 Å². The van der Waals surface area contributed by atoms with Crippen LogP contribution in [0.4, 0.5) is 17.1 Å². The second-order valence-corrected chi connectivity index (χ2v) is 8.47. The van der Waals surface area contributed by atoms with Gasteiger partial charge in [-0.1, -0.05) is 70.2 Å². The van der Waals surface area contributed by atoms with Gasteiger partial charge in [0, 0.05) is 6.42 Å². The van der Waals surface area contributed by atoms with E-state index in [1.54, 1.807) is 11.0 Å². The molecule has 1 aliphatic heterocycles. The van der Waals surface area contributed by atoms with Crippen LogP contribution in [0.2, 0.25) is 0 Å². The number of anilines is 3. The molecule has 3 rings (SSSR count). The molecular formula is C27H37N3O2. The van der Waals surface area contributed by atoms with Crippen molar-refractivity contribution >= 4 is 28.9 Å². The summed E-state index contributed by atoms with van der Waals surface area (Å²) in [6.45, 7) is 7.93. The van der Waals surface area contributed by atoms with Gasteiger partial charge in [0.15, 0.2) is 0 Å². The minimum atomic E-state index is -0.177. The average Bonchev–Trinajstić information content (AvgIpc) is 2.94. The van der Waals surface area contributed by atoms with E-state index in [2.05, 4.69) is 24.1 Å². The Labute approximate surface area is 192 Å². The molecule has 0 unspecified atom stereocenters. The van der Waals surface area contributed by atoms with Crippen molar-refractivity contribution in [3.63, 3.8) is 0 Å². The van der Waals surface area contributed by atoms with Crippen molar-refractivity contribution < 1.29 is 9.59 Å². The van der Waals surface area contributed by atoms with Gasteiger partial charge in [0.2, 0.25) is 5.91 Å². The molecule has 0 bridgehead atoms. The molecule has 0 aromatic heterocycles. The Morgan fingerprint density at radius 1 is 0.812 bits per heavy atom. The molecule has 0 aliphatic carbocycles. The molecule has 0 saturated heterocycles. The summed E-state index contributed by atoms with van der Waals surface area (Å²) in [4.78, 5) is 30.1. The number of carbonyl (C=O) groups excluding carboxylic acids is 2. The highest BCUT2D eigenvalue weighted by Gasteiger charge is 2.28. The van der Waals surface area contributed by atoms with Gasteiger partial charge in [0.1, 0.15) is 0 Å². The van der Waals surface area contributed by atoms with Gasteiger partial charge in [0.05, 0.1) is 22.6 Å². The summed E-state index contributed by atoms with van der Waals surface area (Å²) in [6, 6.07) is 14.9. The van der Waals surface area contributed by atoms with E-state index in [0.29, 0.717) is 23.4 Å². The maximum absolute atomic E-state index is 13.3. The highest BCUT2D eigenvalue weighted by atomic mass is 16.2. The predicted molar refractivity (Wildman–Crippen MR) is 133 cm³/mol. The smallest absolute Gasteiger partial charge is 0.257 e. The molecule has 5 nitrogen and oxygen atoms in total. The molecule has 2 aromatic rings. The zero-order chi connectivity index (χ0) is 22.8. The van der Waals surface area contributed by atoms with Gasteiger partial charge in [-0.05, 0) is 56.7 Å². The molecule has 2 amide bonds. The standard InChI is InChI=1S/C27H37N3O2/c1-3-29(4-2)21-15-9-7-5-6-8-10-20-26(31)30-24-18-13-11-16-22(24)27(32)28-23-17-12-14-19-25(23)30/h11-14,16-19H,3-10,15,20-21H2,1-2H3,(H,28,32). The van der Waals surface area contributed by atoms with E-state index >= 15 is 0 Å². The van der Waals surface area contributed by atoms with E-state index in [4.69, 9.17) is 0 Å². The number of benzene rings is 2. The van der Waals surface area contributed by atoms with Gasteiger partial charge in [0.25, 0.3) is 5.91 Å². The maximum Gasteiger partial charge on any atom is 0.257 e. The quantitative estimate of drug-likeness (QED) is 0.394. The third-order valence-corrected chi connectivity index (χ3v) is 6.29. The fourth-order valence-corrected chi connectivity index (χ4v) is 4.37. The van der Waals surface area contributed by atoms with Crippen molar-refractivity contribution in [2.45, 2.75) is 65.2 Å². The normalized spacial score (nSPS) is 12.8. The number of carbonyl (C=O) groups is 2. The first-order valence-electron chi connectivity index (χ1n) is 12.2. The molecule has 0 radical (unpaired) electrons. The third-order valence-electron chi connectivity index (χ3n) is 6.29. The van der Waals surface area contributed by atoms with Crippen molar-refractivity contribution in [2.75, 3.05) is 29.9 Å². The fraction of sp³-hybridized carbons (Fsp3) is 0.481. The first-order chi connectivity index (χ1) is 15.7. The molecule has 2 aromatic carbocycles. The van der Waals surface area contributed by atoms with Crippen LogP contribution in [0.1, 0.15) is 75.6 Å². The van der Waals surface area contributed by atoms with Gasteiger partial charge in [-0.15, -0.1) is 0 Å². The predicted octanol–water partition coefficient (Wildman–Crippen LogP) is 6.38. The Bertz CT molecular complexity index is 892. The van der Waals surface area contributed by atoms with Crippen LogP contribution in [0.25, 0.3) is 0 Å². The van der Waals surface area contributed by atoms with Crippen LogP contribution in [0.3, 0.4) is 0 Å². The summed E-state index contributed by atoms with van der Waals surface area (Å²) in [5.74, 6) is -0.134. The van der Waals surface area contributed by atoms with Crippen LogP contribution in [-0.4, -0.2) is 36.3 Å². The van der Waals surface area contributed by atoms with Gasteiger partial charge in [-0.25, -0.2) is 0 Å². The Morgan fingerprint density at radius 2 is 1.41 bits per heavy atom. The Hall–Kier alpha value is -2.66. The third kappa shape index (κ3) is 6.19. The molecule has 172 valence electrons. The lowest BCUT2D eigenvalue weighted by molar-refractivity contribution is -0.118. The van der Waals surface area contributed by atoms with Crippen molar-refractivity contribution in [3.05, 3.63) is 54.1 Å². The molecule has 0 fully saturated rings. The molecule has 0 spiro atoms. The summed E-state index contributed by atoms with van der Waals surface area (Å²) in [7, 11) is 0. The van der Waals surface area contributed by atoms with Crippen molar-refractivity contribution in [2.24, 2.45) is 0 Å². The summed E-state index contributed by atoms with van der Waals surface area (Å²) in [6.07, 6.45) is 8.68. The highest BCUT2D eigenvalue weighted by Crippen LogP contribution is 2.38. The minimum absolute atomic E-state index is 0.0422. The number of amides is 2. The second-order valence-electron chi connectivity index (χ2n) is 8.47. The van der Waals surface area contributed by atoms with Crippen LogP contribution in [-0.2, 0) is 4.79 Å². The summed E-state index contributed by atoms with van der Waals surface area (Å²) >= 11 is 0. The zero-order valence-corrected chi connectivity index (χ0v) is 19.6. The molecule has 1 N–H and O–H groups in total. The van der Waals surface area contributed by atoms with E-state index in [-0.39, 0.29) is 11.8 Å². The molecule has 5 heteroatoms. The molecule has 1 aliphatic rings. The van der Waals surface area contributed by atoms with Crippen LogP contribution in [0, 0.1) is 0 Å². The number of fused-ring (bicyclic) bond motifs is 2. The van der Waals surface area contributed by atoms with E-state index in [9.17, 15) is 9.59 Å². The maximum atomic E-state index is 13.3. The Balaban J connectivity index is 1.49. The van der Waals surface area contributed by atoms with Crippen LogP contribution >= 0.6 is 0 Å². The SMILES string of the molecule is CCN(CC)CCCCCCCCCC(=O)N1c2ccccc2NC(=O)c2ccccc21. The van der Waals surface area contributed by atoms with E-state index in [0.717, 1.165) is 31.6 Å². The van der Waals surface area contributed by atoms with Crippen LogP contribution in [0.15, 0.2) is 48.5 Å². The van der Waals surface area contributed by atoms with E-state index in [1.807, 2.05) is 42.5 Å². The lowest BCUT2D eigenvalue weighted by atomic mass is 10.1. The molecule has 1 heterocycles. The van der Waals surface area contributed by atoms with Gasteiger partial charge >= 0.3 is 0 Å². The first-order valence-corrected chi connectivity index (χ1v) is 12.2. The largest absolute Gasteiger partial charge is 0.320 e. The number of nitrogens with one attached hydrogen (secondary N) is 1. The number of nitrogens with zero attached hydrogens (tertiary/aromatic N) is 2. The number of hydrogen-bond acceptors (Lipinski definition) is 3. The van der Waals surface area contributed by atoms with E-state index < -0.39 is 0 Å². The van der Waals surface area contributed by atoms with Gasteiger partial charge in [-0.2, -0.15) is 0 Å². The van der Waals surface area contributed by atoms with Crippen molar-refractivity contribution in [1.29, 1.82) is 0 Å². The number of para-hydroxylation sites is 3. The number of unbranched alkanes of at least 4 members (excludes halogenated alkanes) is 6. The monoisotopic (exact) mass is 435 g/mol. The lowest BCUT2D eigenvalue weighted by Gasteiger charge is -2.24. The lowest BCUT2D eigenvalue weighted by Crippen LogP contribution is -2.26. The Kier molecular flexibility index (Phi) is 9.29. The van der Waals surface area contributed by atoms with Crippen LogP contribution in [0.5, 0.6) is 0 Å². The Morgan fingerprint density at radius 3 is 2.12 bits per heavy atom. The van der Waals surface area contributed by atoms with E-state index in [1.165, 1.54) is 38.6 Å². The number of hydrogen-bond donors (Lipinski definition) is 1. The van der Waals surface area contributed by atoms with Gasteiger partial charge in [-0.3, -0.25) is 14.5 Å². The molecule has 0 atom stereocenters. The zero-order valence-electron chi connectivity index (χ0n) is 19.6.